The van der Waals surface area contributed by atoms with Gasteiger partial charge in [0.25, 0.3) is 11.6 Å². The Morgan fingerprint density at radius 1 is 1.13 bits per heavy atom. The SMILES string of the molecule is Cc1ccc(NCCCNC(=O)c2ccccc2)c([N+](=O)[O-])c1. The number of nitro groups is 1. The van der Waals surface area contributed by atoms with Crippen LogP contribution in [0.5, 0.6) is 0 Å². The van der Waals surface area contributed by atoms with Gasteiger partial charge in [0.15, 0.2) is 0 Å². The Morgan fingerprint density at radius 2 is 1.87 bits per heavy atom. The first-order valence-electron chi connectivity index (χ1n) is 7.40. The number of amides is 1. The minimum absolute atomic E-state index is 0.0679. The van der Waals surface area contributed by atoms with Crippen molar-refractivity contribution in [3.8, 4) is 0 Å². The smallest absolute Gasteiger partial charge is 0.292 e. The van der Waals surface area contributed by atoms with Gasteiger partial charge in [0.1, 0.15) is 5.69 Å². The lowest BCUT2D eigenvalue weighted by atomic mass is 10.2. The molecule has 1 amide bonds. The topological polar surface area (TPSA) is 84.3 Å². The number of nitrogens with zero attached hydrogens (tertiary/aromatic N) is 1. The van der Waals surface area contributed by atoms with Gasteiger partial charge in [-0.3, -0.25) is 14.9 Å². The number of hydrogen-bond donors (Lipinski definition) is 2. The number of nitrogens with one attached hydrogen (secondary N) is 2. The van der Waals surface area contributed by atoms with Crippen molar-refractivity contribution in [3.05, 3.63) is 69.8 Å². The average molecular weight is 313 g/mol. The van der Waals surface area contributed by atoms with E-state index < -0.39 is 4.92 Å². The van der Waals surface area contributed by atoms with Gasteiger partial charge in [-0.2, -0.15) is 0 Å². The van der Waals surface area contributed by atoms with E-state index in [1.165, 1.54) is 0 Å². The molecule has 0 atom stereocenters. The van der Waals surface area contributed by atoms with E-state index in [0.29, 0.717) is 30.8 Å². The summed E-state index contributed by atoms with van der Waals surface area (Å²) in [5, 5.41) is 16.9. The van der Waals surface area contributed by atoms with Crippen LogP contribution in [0.4, 0.5) is 11.4 Å². The Bertz CT molecular complexity index is 687. The van der Waals surface area contributed by atoms with Crippen molar-refractivity contribution in [2.75, 3.05) is 18.4 Å². The number of aryl methyl sites for hydroxylation is 1. The third-order valence-corrected chi connectivity index (χ3v) is 3.34. The molecule has 0 bridgehead atoms. The molecule has 0 spiro atoms. The van der Waals surface area contributed by atoms with Gasteiger partial charge in [-0.1, -0.05) is 24.3 Å². The number of hydrogen-bond acceptors (Lipinski definition) is 4. The van der Waals surface area contributed by atoms with Gasteiger partial charge in [0.2, 0.25) is 0 Å². The largest absolute Gasteiger partial charge is 0.379 e. The lowest BCUT2D eigenvalue weighted by molar-refractivity contribution is -0.384. The van der Waals surface area contributed by atoms with E-state index in [1.807, 2.05) is 31.2 Å². The first-order chi connectivity index (χ1) is 11.1. The van der Waals surface area contributed by atoms with Crippen LogP contribution in [0, 0.1) is 17.0 Å². The van der Waals surface area contributed by atoms with Crippen molar-refractivity contribution in [3.63, 3.8) is 0 Å². The summed E-state index contributed by atoms with van der Waals surface area (Å²) in [6, 6.07) is 14.1. The molecule has 2 N–H and O–H groups in total. The van der Waals surface area contributed by atoms with Gasteiger partial charge in [0.05, 0.1) is 4.92 Å². The number of nitro benzene ring substituents is 1. The quantitative estimate of drug-likeness (QED) is 0.467. The molecule has 23 heavy (non-hydrogen) atoms. The van der Waals surface area contributed by atoms with Crippen LogP contribution < -0.4 is 10.6 Å². The van der Waals surface area contributed by atoms with Gasteiger partial charge < -0.3 is 10.6 Å². The van der Waals surface area contributed by atoms with Crippen LogP contribution in [0.3, 0.4) is 0 Å². The van der Waals surface area contributed by atoms with Crippen LogP contribution in [0.15, 0.2) is 48.5 Å². The second-order valence-corrected chi connectivity index (χ2v) is 5.18. The summed E-state index contributed by atoms with van der Waals surface area (Å²) in [7, 11) is 0. The van der Waals surface area contributed by atoms with Crippen molar-refractivity contribution in [1.82, 2.24) is 5.32 Å². The summed E-state index contributed by atoms with van der Waals surface area (Å²) in [5.41, 5.74) is 2.03. The molecular weight excluding hydrogens is 294 g/mol. The van der Waals surface area contributed by atoms with E-state index >= 15 is 0 Å². The molecular formula is C17H19N3O3. The fraction of sp³-hybridized carbons (Fsp3) is 0.235. The third kappa shape index (κ3) is 4.81. The maximum absolute atomic E-state index is 11.8. The predicted octanol–water partition coefficient (Wildman–Crippen LogP) is 3.14. The van der Waals surface area contributed by atoms with E-state index in [-0.39, 0.29) is 11.6 Å². The Labute approximate surface area is 134 Å². The Balaban J connectivity index is 1.78. The fourth-order valence-corrected chi connectivity index (χ4v) is 2.15. The van der Waals surface area contributed by atoms with Crippen molar-refractivity contribution in [2.24, 2.45) is 0 Å². The highest BCUT2D eigenvalue weighted by Crippen LogP contribution is 2.25. The van der Waals surface area contributed by atoms with Crippen molar-refractivity contribution in [2.45, 2.75) is 13.3 Å². The molecule has 0 aliphatic rings. The Morgan fingerprint density at radius 3 is 2.57 bits per heavy atom. The van der Waals surface area contributed by atoms with Crippen molar-refractivity contribution in [1.29, 1.82) is 0 Å². The van der Waals surface area contributed by atoms with Crippen LogP contribution in [0.1, 0.15) is 22.3 Å². The van der Waals surface area contributed by atoms with Gasteiger partial charge in [-0.05, 0) is 37.1 Å². The average Bonchev–Trinajstić information content (AvgIpc) is 2.56. The highest BCUT2D eigenvalue weighted by molar-refractivity contribution is 5.94. The zero-order chi connectivity index (χ0) is 16.7. The summed E-state index contributed by atoms with van der Waals surface area (Å²) < 4.78 is 0. The van der Waals surface area contributed by atoms with E-state index in [1.54, 1.807) is 24.3 Å². The van der Waals surface area contributed by atoms with Crippen molar-refractivity contribution < 1.29 is 9.72 Å². The zero-order valence-corrected chi connectivity index (χ0v) is 12.9. The minimum atomic E-state index is -0.396. The van der Waals surface area contributed by atoms with Crippen LogP contribution in [-0.4, -0.2) is 23.9 Å². The molecule has 0 heterocycles. The zero-order valence-electron chi connectivity index (χ0n) is 12.9. The lowest BCUT2D eigenvalue weighted by Crippen LogP contribution is -2.25. The molecule has 6 heteroatoms. The molecule has 0 radical (unpaired) electrons. The number of carbonyl (C=O) groups excluding carboxylic acids is 1. The van der Waals surface area contributed by atoms with E-state index in [2.05, 4.69) is 10.6 Å². The summed E-state index contributed by atoms with van der Waals surface area (Å²) in [6.45, 7) is 2.86. The molecule has 0 saturated carbocycles. The van der Waals surface area contributed by atoms with Crippen LogP contribution in [0.25, 0.3) is 0 Å². The predicted molar refractivity (Wildman–Crippen MR) is 89.7 cm³/mol. The number of benzene rings is 2. The van der Waals surface area contributed by atoms with E-state index in [0.717, 1.165) is 5.56 Å². The summed E-state index contributed by atoms with van der Waals surface area (Å²) in [5.74, 6) is -0.119. The number of rotatable bonds is 7. The molecule has 6 nitrogen and oxygen atoms in total. The Kier molecular flexibility index (Phi) is 5.68. The molecule has 0 aromatic heterocycles. The van der Waals surface area contributed by atoms with E-state index in [9.17, 15) is 14.9 Å². The highest BCUT2D eigenvalue weighted by Gasteiger charge is 2.12. The molecule has 120 valence electrons. The summed E-state index contributed by atoms with van der Waals surface area (Å²) in [6.07, 6.45) is 0.670. The molecule has 2 rings (SSSR count). The van der Waals surface area contributed by atoms with Crippen LogP contribution in [0.2, 0.25) is 0 Å². The molecule has 0 unspecified atom stereocenters. The van der Waals surface area contributed by atoms with Crippen molar-refractivity contribution >= 4 is 17.3 Å². The maximum atomic E-state index is 11.8. The molecule has 0 aliphatic carbocycles. The first kappa shape index (κ1) is 16.5. The first-order valence-corrected chi connectivity index (χ1v) is 7.40. The Hall–Kier alpha value is -2.89. The lowest BCUT2D eigenvalue weighted by Gasteiger charge is -2.08. The molecule has 2 aromatic rings. The maximum Gasteiger partial charge on any atom is 0.292 e. The monoisotopic (exact) mass is 313 g/mol. The normalized spacial score (nSPS) is 10.1. The second kappa shape index (κ2) is 7.93. The molecule has 0 saturated heterocycles. The van der Waals surface area contributed by atoms with E-state index in [4.69, 9.17) is 0 Å². The van der Waals surface area contributed by atoms with Gasteiger partial charge >= 0.3 is 0 Å². The summed E-state index contributed by atoms with van der Waals surface area (Å²) >= 11 is 0. The standard InChI is InChI=1S/C17H19N3O3/c1-13-8-9-15(16(12-13)20(22)23)18-10-5-11-19-17(21)14-6-3-2-4-7-14/h2-4,6-9,12,18H,5,10-11H2,1H3,(H,19,21). The molecule has 2 aromatic carbocycles. The number of carbonyl (C=O) groups is 1. The molecule has 0 aliphatic heterocycles. The van der Waals surface area contributed by atoms with Crippen LogP contribution >= 0.6 is 0 Å². The third-order valence-electron chi connectivity index (χ3n) is 3.34. The second-order valence-electron chi connectivity index (χ2n) is 5.18. The molecule has 0 fully saturated rings. The van der Waals surface area contributed by atoms with Gasteiger partial charge in [-0.15, -0.1) is 0 Å². The highest BCUT2D eigenvalue weighted by atomic mass is 16.6. The summed E-state index contributed by atoms with van der Waals surface area (Å²) in [4.78, 5) is 22.5. The minimum Gasteiger partial charge on any atom is -0.379 e. The van der Waals surface area contributed by atoms with Crippen LogP contribution in [-0.2, 0) is 0 Å². The van der Waals surface area contributed by atoms with Gasteiger partial charge in [0, 0.05) is 24.7 Å². The fourth-order valence-electron chi connectivity index (χ4n) is 2.15. The van der Waals surface area contributed by atoms with Gasteiger partial charge in [-0.25, -0.2) is 0 Å². The number of anilines is 1.